The molecular formula is C67H116O6. The molecule has 0 fully saturated rings. The van der Waals surface area contributed by atoms with Gasteiger partial charge in [-0.1, -0.05) is 273 Å². The van der Waals surface area contributed by atoms with Gasteiger partial charge in [0.2, 0.25) is 0 Å². The Morgan fingerprint density at radius 3 is 0.836 bits per heavy atom. The van der Waals surface area contributed by atoms with Crippen LogP contribution in [0.25, 0.3) is 0 Å². The number of unbranched alkanes of at least 4 members (excludes halogenated alkanes) is 31. The number of hydrogen-bond acceptors (Lipinski definition) is 6. The highest BCUT2D eigenvalue weighted by Crippen LogP contribution is 2.16. The Morgan fingerprint density at radius 1 is 0.288 bits per heavy atom. The highest BCUT2D eigenvalue weighted by atomic mass is 16.6. The van der Waals surface area contributed by atoms with Crippen molar-refractivity contribution in [3.63, 3.8) is 0 Å². The molecule has 0 N–H and O–H groups in total. The highest BCUT2D eigenvalue weighted by Gasteiger charge is 2.19. The average Bonchev–Trinajstić information content (AvgIpc) is 3.39. The second-order valence-corrected chi connectivity index (χ2v) is 20.6. The van der Waals surface area contributed by atoms with Crippen LogP contribution in [0.15, 0.2) is 85.1 Å². The fraction of sp³-hybridized carbons (Fsp3) is 0.746. The van der Waals surface area contributed by atoms with Crippen molar-refractivity contribution in [2.24, 2.45) is 0 Å². The lowest BCUT2D eigenvalue weighted by atomic mass is 10.0. The Morgan fingerprint density at radius 2 is 0.534 bits per heavy atom. The van der Waals surface area contributed by atoms with Gasteiger partial charge in [0.1, 0.15) is 13.2 Å². The molecule has 0 aromatic heterocycles. The molecule has 0 saturated carbocycles. The van der Waals surface area contributed by atoms with Crippen LogP contribution in [0.5, 0.6) is 0 Å². The summed E-state index contributed by atoms with van der Waals surface area (Å²) in [6.45, 7) is 6.44. The molecule has 0 rings (SSSR count). The van der Waals surface area contributed by atoms with Crippen molar-refractivity contribution < 1.29 is 28.6 Å². The summed E-state index contributed by atoms with van der Waals surface area (Å²) in [6.07, 6.45) is 80.7. The van der Waals surface area contributed by atoms with Crippen molar-refractivity contribution in [1.29, 1.82) is 0 Å². The topological polar surface area (TPSA) is 78.9 Å². The minimum atomic E-state index is -0.783. The molecule has 0 spiro atoms. The van der Waals surface area contributed by atoms with E-state index >= 15 is 0 Å². The Kier molecular flexibility index (Phi) is 58.3. The molecule has 0 amide bonds. The summed E-state index contributed by atoms with van der Waals surface area (Å²) in [5.74, 6) is -0.908. The van der Waals surface area contributed by atoms with Gasteiger partial charge in [-0.2, -0.15) is 0 Å². The van der Waals surface area contributed by atoms with Crippen molar-refractivity contribution in [2.45, 2.75) is 309 Å². The number of allylic oxidation sites excluding steroid dienone is 14. The van der Waals surface area contributed by atoms with Gasteiger partial charge >= 0.3 is 17.9 Å². The van der Waals surface area contributed by atoms with Gasteiger partial charge in [-0.3, -0.25) is 14.4 Å². The molecule has 1 unspecified atom stereocenters. The van der Waals surface area contributed by atoms with Gasteiger partial charge in [-0.15, -0.1) is 0 Å². The van der Waals surface area contributed by atoms with E-state index in [9.17, 15) is 14.4 Å². The lowest BCUT2D eigenvalue weighted by molar-refractivity contribution is -0.167. The number of carbonyl (C=O) groups is 3. The Hall–Kier alpha value is -3.41. The fourth-order valence-corrected chi connectivity index (χ4v) is 8.74. The standard InChI is InChI=1S/C67H116O6/c1-4-7-10-13-15-17-19-21-23-25-27-29-30-31-32-33-34-35-36-38-39-41-43-45-47-49-51-54-57-60-66(69)72-63-64(62-71-65(68)59-56-53-12-9-6-3)73-67(70)61-58-55-52-50-48-46-44-42-40-37-28-26-24-22-20-18-16-14-11-8-5-2/h8,11,16,18-19,21-22,24-25,27-28,37,42,44,64H,4-7,9-10,12-15,17,20,23,26,29-36,38-41,43,45-63H2,1-3H3/b11-8-,18-16-,21-19-,24-22-,27-25-,37-28-,44-42-. The van der Waals surface area contributed by atoms with Crippen LogP contribution in [-0.2, 0) is 28.6 Å². The zero-order valence-electron chi connectivity index (χ0n) is 48.1. The van der Waals surface area contributed by atoms with Crippen LogP contribution in [0.4, 0.5) is 0 Å². The smallest absolute Gasteiger partial charge is 0.306 e. The summed E-state index contributed by atoms with van der Waals surface area (Å²) < 4.78 is 16.7. The molecule has 0 bridgehead atoms. The van der Waals surface area contributed by atoms with Gasteiger partial charge in [-0.25, -0.2) is 0 Å². The van der Waals surface area contributed by atoms with E-state index in [2.05, 4.69) is 106 Å². The van der Waals surface area contributed by atoms with Crippen LogP contribution >= 0.6 is 0 Å². The summed E-state index contributed by atoms with van der Waals surface area (Å²) in [6, 6.07) is 0. The van der Waals surface area contributed by atoms with Crippen molar-refractivity contribution in [2.75, 3.05) is 13.2 Å². The van der Waals surface area contributed by atoms with Gasteiger partial charge in [0, 0.05) is 19.3 Å². The first-order valence-electron chi connectivity index (χ1n) is 31.1. The minimum absolute atomic E-state index is 0.0829. The summed E-state index contributed by atoms with van der Waals surface area (Å²) in [5, 5.41) is 0. The summed E-state index contributed by atoms with van der Waals surface area (Å²) in [7, 11) is 0. The van der Waals surface area contributed by atoms with Crippen LogP contribution in [0.1, 0.15) is 303 Å². The number of rotatable bonds is 56. The molecule has 0 aromatic rings. The Labute approximate surface area is 452 Å². The summed E-state index contributed by atoms with van der Waals surface area (Å²) in [4.78, 5) is 37.9. The third-order valence-corrected chi connectivity index (χ3v) is 13.4. The molecule has 420 valence electrons. The molecule has 0 aliphatic carbocycles. The van der Waals surface area contributed by atoms with E-state index in [4.69, 9.17) is 14.2 Å². The number of hydrogen-bond donors (Lipinski definition) is 0. The van der Waals surface area contributed by atoms with Crippen LogP contribution < -0.4 is 0 Å². The molecule has 0 aromatic carbocycles. The normalized spacial score (nSPS) is 12.6. The lowest BCUT2D eigenvalue weighted by Crippen LogP contribution is -2.30. The zero-order valence-corrected chi connectivity index (χ0v) is 48.1. The Bertz CT molecular complexity index is 1400. The average molecular weight is 1020 g/mol. The number of ether oxygens (including phenoxy) is 3. The van der Waals surface area contributed by atoms with Gasteiger partial charge in [0.15, 0.2) is 6.10 Å². The van der Waals surface area contributed by atoms with Crippen LogP contribution in [0, 0.1) is 0 Å². The minimum Gasteiger partial charge on any atom is -0.462 e. The number of esters is 3. The quantitative estimate of drug-likeness (QED) is 0.0261. The van der Waals surface area contributed by atoms with Crippen LogP contribution in [0.2, 0.25) is 0 Å². The first kappa shape index (κ1) is 69.6. The molecule has 0 saturated heterocycles. The second-order valence-electron chi connectivity index (χ2n) is 20.6. The van der Waals surface area contributed by atoms with E-state index in [0.717, 1.165) is 122 Å². The maximum absolute atomic E-state index is 12.8. The lowest BCUT2D eigenvalue weighted by Gasteiger charge is -2.18. The van der Waals surface area contributed by atoms with E-state index < -0.39 is 6.10 Å². The van der Waals surface area contributed by atoms with Crippen LogP contribution in [-0.4, -0.2) is 37.2 Å². The predicted molar refractivity (Wildman–Crippen MR) is 316 cm³/mol. The summed E-state index contributed by atoms with van der Waals surface area (Å²) >= 11 is 0. The van der Waals surface area contributed by atoms with Crippen molar-refractivity contribution in [1.82, 2.24) is 0 Å². The molecule has 0 aliphatic heterocycles. The van der Waals surface area contributed by atoms with Gasteiger partial charge in [0.25, 0.3) is 0 Å². The van der Waals surface area contributed by atoms with E-state index in [1.54, 1.807) is 0 Å². The van der Waals surface area contributed by atoms with E-state index in [0.29, 0.717) is 19.3 Å². The molecule has 1 atom stereocenters. The third-order valence-electron chi connectivity index (χ3n) is 13.4. The highest BCUT2D eigenvalue weighted by molar-refractivity contribution is 5.71. The molecule has 0 radical (unpaired) electrons. The molecular weight excluding hydrogens is 901 g/mol. The largest absolute Gasteiger partial charge is 0.462 e. The predicted octanol–water partition coefficient (Wildman–Crippen LogP) is 21.1. The second kappa shape index (κ2) is 61.1. The molecule has 0 aliphatic rings. The Balaban J connectivity index is 4.04. The van der Waals surface area contributed by atoms with Gasteiger partial charge < -0.3 is 14.2 Å². The fourth-order valence-electron chi connectivity index (χ4n) is 8.74. The third kappa shape index (κ3) is 59.3. The molecule has 6 nitrogen and oxygen atoms in total. The molecule has 0 heterocycles. The van der Waals surface area contributed by atoms with E-state index in [-0.39, 0.29) is 31.1 Å². The SMILES string of the molecule is CC/C=C\C/C=C\C/C=C\C/C=C\C/C=C\CCCCCCCC(=O)OC(COC(=O)CCCCCCC)COC(=O)CCCCCCCCCCCCCCCCCCC/C=C\C/C=C\CCCCCCC. The maximum Gasteiger partial charge on any atom is 0.306 e. The van der Waals surface area contributed by atoms with Crippen LogP contribution in [0.3, 0.4) is 0 Å². The van der Waals surface area contributed by atoms with Crippen molar-refractivity contribution >= 4 is 17.9 Å². The first-order valence-corrected chi connectivity index (χ1v) is 31.1. The van der Waals surface area contributed by atoms with Gasteiger partial charge in [0.05, 0.1) is 0 Å². The van der Waals surface area contributed by atoms with Gasteiger partial charge in [-0.05, 0) is 96.3 Å². The van der Waals surface area contributed by atoms with Crippen molar-refractivity contribution in [3.8, 4) is 0 Å². The molecule has 6 heteroatoms. The van der Waals surface area contributed by atoms with E-state index in [1.807, 2.05) is 0 Å². The zero-order chi connectivity index (χ0) is 52.9. The number of carbonyl (C=O) groups excluding carboxylic acids is 3. The maximum atomic E-state index is 12.8. The molecule has 73 heavy (non-hydrogen) atoms. The van der Waals surface area contributed by atoms with Crippen molar-refractivity contribution in [3.05, 3.63) is 85.1 Å². The monoisotopic (exact) mass is 1020 g/mol. The first-order chi connectivity index (χ1) is 36.0. The van der Waals surface area contributed by atoms with E-state index in [1.165, 1.54) is 141 Å². The summed E-state index contributed by atoms with van der Waals surface area (Å²) in [5.41, 5.74) is 0.